The SMILES string of the molecule is CN(CCc1ccc(Br)cc1)CC(=O)N(C)CCC#N. The number of nitrogens with zero attached hydrogens (tertiary/aromatic N) is 3. The second kappa shape index (κ2) is 8.72. The summed E-state index contributed by atoms with van der Waals surface area (Å²) in [5.74, 6) is 0.0542. The smallest absolute Gasteiger partial charge is 0.236 e. The topological polar surface area (TPSA) is 47.3 Å². The van der Waals surface area contributed by atoms with E-state index >= 15 is 0 Å². The highest BCUT2D eigenvalue weighted by Crippen LogP contribution is 2.11. The molecule has 0 atom stereocenters. The summed E-state index contributed by atoms with van der Waals surface area (Å²) in [6.45, 7) is 1.72. The molecule has 0 fully saturated rings. The van der Waals surface area contributed by atoms with Crippen molar-refractivity contribution in [2.45, 2.75) is 12.8 Å². The maximum atomic E-state index is 11.9. The number of halogens is 1. The predicted molar refractivity (Wildman–Crippen MR) is 83.2 cm³/mol. The van der Waals surface area contributed by atoms with Gasteiger partial charge in [0.25, 0.3) is 0 Å². The Morgan fingerprint density at radius 3 is 2.50 bits per heavy atom. The van der Waals surface area contributed by atoms with E-state index in [0.717, 1.165) is 17.4 Å². The molecule has 0 saturated carbocycles. The van der Waals surface area contributed by atoms with Gasteiger partial charge in [-0.15, -0.1) is 0 Å². The molecule has 0 aliphatic carbocycles. The van der Waals surface area contributed by atoms with E-state index in [1.54, 1.807) is 11.9 Å². The summed E-state index contributed by atoms with van der Waals surface area (Å²) in [6.07, 6.45) is 1.30. The Morgan fingerprint density at radius 2 is 1.90 bits per heavy atom. The van der Waals surface area contributed by atoms with Gasteiger partial charge in [-0.3, -0.25) is 9.69 Å². The van der Waals surface area contributed by atoms with Crippen molar-refractivity contribution in [1.29, 1.82) is 5.26 Å². The maximum Gasteiger partial charge on any atom is 0.236 e. The molecule has 0 aliphatic heterocycles. The molecular formula is C15H20BrN3O. The number of amides is 1. The molecule has 0 N–H and O–H groups in total. The summed E-state index contributed by atoms with van der Waals surface area (Å²) in [6, 6.07) is 10.3. The van der Waals surface area contributed by atoms with Crippen LogP contribution in [0, 0.1) is 11.3 Å². The van der Waals surface area contributed by atoms with E-state index in [0.29, 0.717) is 19.5 Å². The van der Waals surface area contributed by atoms with Crippen molar-refractivity contribution in [3.8, 4) is 6.07 Å². The average Bonchev–Trinajstić information content (AvgIpc) is 2.44. The van der Waals surface area contributed by atoms with Crippen LogP contribution in [0.1, 0.15) is 12.0 Å². The van der Waals surface area contributed by atoms with Gasteiger partial charge in [0.15, 0.2) is 0 Å². The van der Waals surface area contributed by atoms with Crippen LogP contribution in [-0.2, 0) is 11.2 Å². The number of rotatable bonds is 7. The molecule has 1 amide bonds. The van der Waals surface area contributed by atoms with Gasteiger partial charge in [-0.25, -0.2) is 0 Å². The van der Waals surface area contributed by atoms with Crippen LogP contribution in [0.25, 0.3) is 0 Å². The first-order valence-electron chi connectivity index (χ1n) is 6.57. The molecule has 1 rings (SSSR count). The Labute approximate surface area is 129 Å². The van der Waals surface area contributed by atoms with Crippen LogP contribution in [-0.4, -0.2) is 49.4 Å². The molecule has 0 unspecified atom stereocenters. The molecule has 0 radical (unpaired) electrons. The van der Waals surface area contributed by atoms with Crippen molar-refractivity contribution in [3.63, 3.8) is 0 Å². The Kier molecular flexibility index (Phi) is 7.27. The van der Waals surface area contributed by atoms with Crippen LogP contribution in [0.5, 0.6) is 0 Å². The number of carbonyl (C=O) groups is 1. The molecule has 0 bridgehead atoms. The van der Waals surface area contributed by atoms with E-state index in [-0.39, 0.29) is 5.91 Å². The first-order chi connectivity index (χ1) is 9.52. The van der Waals surface area contributed by atoms with Gasteiger partial charge in [-0.2, -0.15) is 5.26 Å². The second-order valence-electron chi connectivity index (χ2n) is 4.84. The van der Waals surface area contributed by atoms with E-state index in [1.165, 1.54) is 5.56 Å². The molecule has 0 aliphatic rings. The standard InChI is InChI=1S/C15H20BrN3O/c1-18(12-15(20)19(2)10-3-9-17)11-8-13-4-6-14(16)7-5-13/h4-7H,3,8,10-12H2,1-2H3. The largest absolute Gasteiger partial charge is 0.344 e. The lowest BCUT2D eigenvalue weighted by Crippen LogP contribution is -2.37. The summed E-state index contributed by atoms with van der Waals surface area (Å²) in [4.78, 5) is 15.5. The van der Waals surface area contributed by atoms with Crippen LogP contribution >= 0.6 is 15.9 Å². The monoisotopic (exact) mass is 337 g/mol. The molecule has 0 heterocycles. The van der Waals surface area contributed by atoms with Gasteiger partial charge in [0, 0.05) is 24.6 Å². The minimum atomic E-state index is 0.0542. The Morgan fingerprint density at radius 1 is 1.25 bits per heavy atom. The number of hydrogen-bond donors (Lipinski definition) is 0. The van der Waals surface area contributed by atoms with Crippen molar-refractivity contribution in [2.24, 2.45) is 0 Å². The summed E-state index contributed by atoms with van der Waals surface area (Å²) in [7, 11) is 3.68. The van der Waals surface area contributed by atoms with E-state index in [2.05, 4.69) is 28.1 Å². The van der Waals surface area contributed by atoms with Gasteiger partial charge >= 0.3 is 0 Å². The zero-order chi connectivity index (χ0) is 15.0. The minimum Gasteiger partial charge on any atom is -0.344 e. The quantitative estimate of drug-likeness (QED) is 0.766. The molecule has 20 heavy (non-hydrogen) atoms. The van der Waals surface area contributed by atoms with Crippen molar-refractivity contribution < 1.29 is 4.79 Å². The van der Waals surface area contributed by atoms with Crippen molar-refractivity contribution in [3.05, 3.63) is 34.3 Å². The fourth-order valence-corrected chi connectivity index (χ4v) is 2.01. The number of benzene rings is 1. The lowest BCUT2D eigenvalue weighted by molar-refractivity contribution is -0.130. The van der Waals surface area contributed by atoms with Crippen LogP contribution in [0.15, 0.2) is 28.7 Å². The average molecular weight is 338 g/mol. The lowest BCUT2D eigenvalue weighted by Gasteiger charge is -2.21. The van der Waals surface area contributed by atoms with Crippen molar-refractivity contribution in [2.75, 3.05) is 33.7 Å². The van der Waals surface area contributed by atoms with Gasteiger partial charge in [-0.05, 0) is 31.2 Å². The molecule has 1 aromatic rings. The summed E-state index contributed by atoms with van der Waals surface area (Å²) in [5.41, 5.74) is 1.25. The fourth-order valence-electron chi connectivity index (χ4n) is 1.74. The van der Waals surface area contributed by atoms with Gasteiger partial charge in [0.2, 0.25) is 5.91 Å². The summed E-state index contributed by atoms with van der Waals surface area (Å²) in [5, 5.41) is 8.51. The molecule has 1 aromatic carbocycles. The third-order valence-electron chi connectivity index (χ3n) is 3.09. The first-order valence-corrected chi connectivity index (χ1v) is 7.36. The summed E-state index contributed by atoms with van der Waals surface area (Å²) < 4.78 is 1.07. The third kappa shape index (κ3) is 6.18. The van der Waals surface area contributed by atoms with E-state index in [4.69, 9.17) is 5.26 Å². The molecule has 0 saturated heterocycles. The Bertz CT molecular complexity index is 467. The highest BCUT2D eigenvalue weighted by molar-refractivity contribution is 9.10. The van der Waals surface area contributed by atoms with E-state index < -0.39 is 0 Å². The molecule has 4 nitrogen and oxygen atoms in total. The number of hydrogen-bond acceptors (Lipinski definition) is 3. The third-order valence-corrected chi connectivity index (χ3v) is 3.61. The van der Waals surface area contributed by atoms with Crippen LogP contribution in [0.3, 0.4) is 0 Å². The lowest BCUT2D eigenvalue weighted by atomic mass is 10.1. The number of carbonyl (C=O) groups excluding carboxylic acids is 1. The number of nitriles is 1. The van der Waals surface area contributed by atoms with Gasteiger partial charge < -0.3 is 4.90 Å². The molecule has 0 aromatic heterocycles. The molecular weight excluding hydrogens is 318 g/mol. The van der Waals surface area contributed by atoms with Crippen LogP contribution < -0.4 is 0 Å². The normalized spacial score (nSPS) is 10.3. The molecule has 5 heteroatoms. The minimum absolute atomic E-state index is 0.0542. The molecule has 108 valence electrons. The van der Waals surface area contributed by atoms with Gasteiger partial charge in [0.1, 0.15) is 0 Å². The van der Waals surface area contributed by atoms with Crippen LogP contribution in [0.4, 0.5) is 0 Å². The zero-order valence-corrected chi connectivity index (χ0v) is 13.6. The Balaban J connectivity index is 2.32. The molecule has 0 spiro atoms. The maximum absolute atomic E-state index is 11.9. The van der Waals surface area contributed by atoms with E-state index in [9.17, 15) is 4.79 Å². The van der Waals surface area contributed by atoms with Gasteiger partial charge in [0.05, 0.1) is 19.0 Å². The highest BCUT2D eigenvalue weighted by Gasteiger charge is 2.11. The Hall–Kier alpha value is -1.38. The van der Waals surface area contributed by atoms with Crippen molar-refractivity contribution in [1.82, 2.24) is 9.80 Å². The highest BCUT2D eigenvalue weighted by atomic mass is 79.9. The van der Waals surface area contributed by atoms with E-state index in [1.807, 2.05) is 30.1 Å². The number of likely N-dealkylation sites (N-methyl/N-ethyl adjacent to an activating group) is 2. The van der Waals surface area contributed by atoms with Crippen LogP contribution in [0.2, 0.25) is 0 Å². The summed E-state index contributed by atoms with van der Waals surface area (Å²) >= 11 is 3.41. The second-order valence-corrected chi connectivity index (χ2v) is 5.75. The van der Waals surface area contributed by atoms with Gasteiger partial charge in [-0.1, -0.05) is 28.1 Å². The first kappa shape index (κ1) is 16.7. The fraction of sp³-hybridized carbons (Fsp3) is 0.467. The van der Waals surface area contributed by atoms with Crippen molar-refractivity contribution >= 4 is 21.8 Å². The zero-order valence-electron chi connectivity index (χ0n) is 12.0. The predicted octanol–water partition coefficient (Wildman–Crippen LogP) is 2.30.